The highest BCUT2D eigenvalue weighted by molar-refractivity contribution is 5.92. The van der Waals surface area contributed by atoms with E-state index in [1.807, 2.05) is 0 Å². The van der Waals surface area contributed by atoms with Crippen molar-refractivity contribution < 1.29 is 22.8 Å². The third-order valence-electron chi connectivity index (χ3n) is 4.94. The Morgan fingerprint density at radius 3 is 2.28 bits per heavy atom. The molecule has 6 nitrogen and oxygen atoms in total. The van der Waals surface area contributed by atoms with Gasteiger partial charge in [0.25, 0.3) is 5.91 Å². The Kier molecular flexibility index (Phi) is 4.75. The first-order valence-corrected chi connectivity index (χ1v) is 8.46. The summed E-state index contributed by atoms with van der Waals surface area (Å²) >= 11 is 0. The second kappa shape index (κ2) is 6.68. The van der Waals surface area contributed by atoms with Gasteiger partial charge in [0.1, 0.15) is 5.69 Å². The minimum atomic E-state index is -4.58. The van der Waals surface area contributed by atoms with E-state index in [0.717, 1.165) is 30.0 Å². The van der Waals surface area contributed by atoms with Crippen LogP contribution < -0.4 is 0 Å². The molecule has 138 valence electrons. The number of hydrogen-bond donors (Lipinski definition) is 0. The van der Waals surface area contributed by atoms with E-state index in [1.54, 1.807) is 4.90 Å². The van der Waals surface area contributed by atoms with Crippen LogP contribution in [-0.4, -0.2) is 57.6 Å². The van der Waals surface area contributed by atoms with Crippen LogP contribution in [0.4, 0.5) is 13.2 Å². The second-order valence-corrected chi connectivity index (χ2v) is 6.64. The van der Waals surface area contributed by atoms with Gasteiger partial charge in [0, 0.05) is 45.2 Å². The number of aryl methyl sites for hydroxylation is 1. The Morgan fingerprint density at radius 1 is 1.08 bits per heavy atom. The molecule has 1 aliphatic heterocycles. The topological polar surface area (TPSA) is 58.4 Å². The van der Waals surface area contributed by atoms with Gasteiger partial charge in [-0.25, -0.2) is 0 Å². The molecule has 2 amide bonds. The fraction of sp³-hybridized carbons (Fsp3) is 0.688. The lowest BCUT2D eigenvalue weighted by molar-refractivity contribution is -0.141. The molecular weight excluding hydrogens is 337 g/mol. The van der Waals surface area contributed by atoms with Crippen molar-refractivity contribution in [1.82, 2.24) is 19.6 Å². The molecule has 2 aliphatic rings. The number of aromatic nitrogens is 2. The second-order valence-electron chi connectivity index (χ2n) is 6.64. The third-order valence-corrected chi connectivity index (χ3v) is 4.94. The molecule has 0 N–H and O–H groups in total. The Balaban J connectivity index is 1.67. The molecule has 0 bridgehead atoms. The van der Waals surface area contributed by atoms with E-state index in [0.29, 0.717) is 32.6 Å². The van der Waals surface area contributed by atoms with Crippen LogP contribution in [-0.2, 0) is 18.0 Å². The van der Waals surface area contributed by atoms with Crippen molar-refractivity contribution in [2.24, 2.45) is 13.0 Å². The number of rotatable bonds is 2. The number of halogens is 3. The van der Waals surface area contributed by atoms with Crippen LogP contribution in [0.5, 0.6) is 0 Å². The molecule has 0 spiro atoms. The highest BCUT2D eigenvalue weighted by Crippen LogP contribution is 2.30. The standard InChI is InChI=1S/C16H21F3N4O2/c1-21-12(10-13(20-21)16(17,18)19)15(25)23-7-3-6-22(8-9-23)14(24)11-4-2-5-11/h10-11H,2-9H2,1H3. The minimum Gasteiger partial charge on any atom is -0.341 e. The summed E-state index contributed by atoms with van der Waals surface area (Å²) in [6.07, 6.45) is -1.04. The molecule has 1 aromatic heterocycles. The van der Waals surface area contributed by atoms with Crippen molar-refractivity contribution in [1.29, 1.82) is 0 Å². The highest BCUT2D eigenvalue weighted by atomic mass is 19.4. The zero-order valence-corrected chi connectivity index (χ0v) is 14.1. The molecule has 2 fully saturated rings. The highest BCUT2D eigenvalue weighted by Gasteiger charge is 2.36. The summed E-state index contributed by atoms with van der Waals surface area (Å²) in [5.41, 5.74) is -1.17. The number of carbonyl (C=O) groups excluding carboxylic acids is 2. The number of nitrogens with zero attached hydrogens (tertiary/aromatic N) is 4. The van der Waals surface area contributed by atoms with Gasteiger partial charge in [0.2, 0.25) is 5.91 Å². The molecule has 0 radical (unpaired) electrons. The van der Waals surface area contributed by atoms with Crippen LogP contribution in [0.15, 0.2) is 6.07 Å². The molecular formula is C16H21F3N4O2. The molecule has 2 heterocycles. The lowest BCUT2D eigenvalue weighted by atomic mass is 9.84. The minimum absolute atomic E-state index is 0.0916. The van der Waals surface area contributed by atoms with Gasteiger partial charge in [-0.1, -0.05) is 6.42 Å². The van der Waals surface area contributed by atoms with Crippen molar-refractivity contribution in [3.05, 3.63) is 17.5 Å². The Hall–Kier alpha value is -2.06. The largest absolute Gasteiger partial charge is 0.435 e. The van der Waals surface area contributed by atoms with Crippen molar-refractivity contribution in [3.63, 3.8) is 0 Å². The maximum atomic E-state index is 12.8. The molecule has 9 heteroatoms. The van der Waals surface area contributed by atoms with Gasteiger partial charge in [0.15, 0.2) is 5.69 Å². The predicted molar refractivity (Wildman–Crippen MR) is 82.7 cm³/mol. The number of alkyl halides is 3. The first-order valence-electron chi connectivity index (χ1n) is 8.46. The molecule has 3 rings (SSSR count). The van der Waals surface area contributed by atoms with Crippen LogP contribution in [0.3, 0.4) is 0 Å². The van der Waals surface area contributed by atoms with E-state index in [-0.39, 0.29) is 17.5 Å². The molecule has 1 aromatic rings. The summed E-state index contributed by atoms with van der Waals surface area (Å²) in [6, 6.07) is 0.782. The van der Waals surface area contributed by atoms with E-state index in [4.69, 9.17) is 0 Å². The van der Waals surface area contributed by atoms with Crippen LogP contribution in [0.25, 0.3) is 0 Å². The van der Waals surface area contributed by atoms with E-state index in [9.17, 15) is 22.8 Å². The van der Waals surface area contributed by atoms with Crippen molar-refractivity contribution in [2.75, 3.05) is 26.2 Å². The van der Waals surface area contributed by atoms with E-state index >= 15 is 0 Å². The molecule has 1 aliphatic carbocycles. The third kappa shape index (κ3) is 3.64. The molecule has 0 atom stereocenters. The van der Waals surface area contributed by atoms with E-state index < -0.39 is 17.8 Å². The van der Waals surface area contributed by atoms with Crippen LogP contribution in [0, 0.1) is 5.92 Å². The summed E-state index contributed by atoms with van der Waals surface area (Å²) in [5, 5.41) is 3.39. The van der Waals surface area contributed by atoms with Gasteiger partial charge in [0.05, 0.1) is 0 Å². The lowest BCUT2D eigenvalue weighted by Crippen LogP contribution is -2.41. The molecule has 1 saturated carbocycles. The molecule has 0 unspecified atom stereocenters. The molecule has 1 saturated heterocycles. The van der Waals surface area contributed by atoms with E-state index in [1.165, 1.54) is 11.9 Å². The number of carbonyl (C=O) groups is 2. The zero-order chi connectivity index (χ0) is 18.2. The van der Waals surface area contributed by atoms with Crippen LogP contribution in [0.1, 0.15) is 41.9 Å². The summed E-state index contributed by atoms with van der Waals surface area (Å²) in [6.45, 7) is 1.74. The average molecular weight is 358 g/mol. The Labute approximate surface area is 143 Å². The van der Waals surface area contributed by atoms with Gasteiger partial charge < -0.3 is 9.80 Å². The fourth-order valence-electron chi connectivity index (χ4n) is 3.22. The summed E-state index contributed by atoms with van der Waals surface area (Å²) in [4.78, 5) is 28.2. The zero-order valence-electron chi connectivity index (χ0n) is 14.1. The van der Waals surface area contributed by atoms with Gasteiger partial charge in [-0.05, 0) is 19.3 Å². The fourth-order valence-corrected chi connectivity index (χ4v) is 3.22. The maximum absolute atomic E-state index is 12.8. The summed E-state index contributed by atoms with van der Waals surface area (Å²) in [5.74, 6) is -0.238. The monoisotopic (exact) mass is 358 g/mol. The summed E-state index contributed by atoms with van der Waals surface area (Å²) in [7, 11) is 1.33. The Bertz CT molecular complexity index is 667. The smallest absolute Gasteiger partial charge is 0.341 e. The van der Waals surface area contributed by atoms with Gasteiger partial charge in [-0.3, -0.25) is 14.3 Å². The summed E-state index contributed by atoms with van der Waals surface area (Å²) < 4.78 is 39.3. The maximum Gasteiger partial charge on any atom is 0.435 e. The van der Waals surface area contributed by atoms with Crippen LogP contribution >= 0.6 is 0 Å². The normalized spacial score (nSPS) is 19.5. The number of hydrogen-bond acceptors (Lipinski definition) is 3. The molecule has 0 aromatic carbocycles. The first-order chi connectivity index (χ1) is 11.8. The van der Waals surface area contributed by atoms with Crippen LogP contribution in [0.2, 0.25) is 0 Å². The van der Waals surface area contributed by atoms with Crippen molar-refractivity contribution >= 4 is 11.8 Å². The van der Waals surface area contributed by atoms with Crippen molar-refractivity contribution in [3.8, 4) is 0 Å². The Morgan fingerprint density at radius 2 is 1.72 bits per heavy atom. The van der Waals surface area contributed by atoms with Crippen molar-refractivity contribution in [2.45, 2.75) is 31.9 Å². The average Bonchev–Trinajstić information content (AvgIpc) is 2.73. The SMILES string of the molecule is Cn1nc(C(F)(F)F)cc1C(=O)N1CCCN(C(=O)C2CCC2)CC1. The predicted octanol–water partition coefficient (Wildman–Crippen LogP) is 1.91. The molecule has 25 heavy (non-hydrogen) atoms. The lowest BCUT2D eigenvalue weighted by Gasteiger charge is -2.31. The quantitative estimate of drug-likeness (QED) is 0.812. The van der Waals surface area contributed by atoms with E-state index in [2.05, 4.69) is 5.10 Å². The number of amides is 2. The van der Waals surface area contributed by atoms with Gasteiger partial charge in [-0.15, -0.1) is 0 Å². The van der Waals surface area contributed by atoms with Gasteiger partial charge >= 0.3 is 6.18 Å². The first kappa shape index (κ1) is 17.8. The van der Waals surface area contributed by atoms with Gasteiger partial charge in [-0.2, -0.15) is 18.3 Å².